The van der Waals surface area contributed by atoms with E-state index >= 15 is 0 Å². The highest BCUT2D eigenvalue weighted by atomic mass is 16.5. The van der Waals surface area contributed by atoms with Gasteiger partial charge in [-0.1, -0.05) is 0 Å². The summed E-state index contributed by atoms with van der Waals surface area (Å²) < 4.78 is 10.7. The third kappa shape index (κ3) is 8.05. The van der Waals surface area contributed by atoms with E-state index in [-0.39, 0.29) is 13.1 Å². The van der Waals surface area contributed by atoms with Gasteiger partial charge in [0, 0.05) is 0 Å². The van der Waals surface area contributed by atoms with Crippen LogP contribution in [0.2, 0.25) is 0 Å². The van der Waals surface area contributed by atoms with E-state index in [0.29, 0.717) is 0 Å². The minimum Gasteiger partial charge on any atom is -0.462 e. The van der Waals surface area contributed by atoms with Gasteiger partial charge in [-0.3, -0.25) is 73.0 Å². The minimum absolute atomic E-state index is 0.289. The van der Waals surface area contributed by atoms with E-state index in [4.69, 9.17) is 9.47 Å². The number of hydrogen-bond acceptors (Lipinski definition) is 14. The lowest BCUT2D eigenvalue weighted by atomic mass is 9.87. The molecule has 0 aromatic heterocycles. The van der Waals surface area contributed by atoms with Crippen LogP contribution >= 0.6 is 0 Å². The molecule has 302 valence electrons. The molecule has 0 saturated carbocycles. The molecule has 0 unspecified atom stereocenters. The third-order valence-electron chi connectivity index (χ3n) is 11.1. The average Bonchev–Trinajstić information content (AvgIpc) is 3.06. The maximum Gasteiger partial charge on any atom is 0.326 e. The van der Waals surface area contributed by atoms with Crippen molar-refractivity contribution in [3.05, 3.63) is 0 Å². The van der Waals surface area contributed by atoms with Gasteiger partial charge in [0.2, 0.25) is 41.4 Å². The van der Waals surface area contributed by atoms with Crippen LogP contribution in [0.1, 0.15) is 83.1 Å². The van der Waals surface area contributed by atoms with E-state index in [2.05, 4.69) is 5.32 Å². The highest BCUT2D eigenvalue weighted by Crippen LogP contribution is 2.34. The molecule has 0 aromatic carbocycles. The molecule has 0 spiro atoms. The van der Waals surface area contributed by atoms with E-state index in [1.54, 1.807) is 107 Å². The van der Waals surface area contributed by atoms with E-state index in [9.17, 15) is 43.2 Å². The first-order valence-electron chi connectivity index (χ1n) is 17.8. The molecular formula is C36H57N7O11. The predicted molar refractivity (Wildman–Crippen MR) is 192 cm³/mol. The summed E-state index contributed by atoms with van der Waals surface area (Å²) in [4.78, 5) is 126. The van der Waals surface area contributed by atoms with Crippen molar-refractivity contribution in [3.63, 3.8) is 0 Å². The fraction of sp³-hybridized carbons (Fsp3) is 0.750. The maximum atomic E-state index is 13.7. The summed E-state index contributed by atoms with van der Waals surface area (Å²) in [6, 6.07) is 0. The molecule has 3 heterocycles. The van der Waals surface area contributed by atoms with Gasteiger partial charge in [-0.2, -0.15) is 0 Å². The highest BCUT2D eigenvalue weighted by Gasteiger charge is 2.56. The van der Waals surface area contributed by atoms with Crippen LogP contribution in [0.25, 0.3) is 0 Å². The Morgan fingerprint density at radius 1 is 0.500 bits per heavy atom. The number of rotatable bonds is 12. The van der Waals surface area contributed by atoms with Crippen molar-refractivity contribution in [3.8, 4) is 0 Å². The van der Waals surface area contributed by atoms with Crippen LogP contribution < -0.4 is 5.32 Å². The number of imide groups is 3. The molecule has 7 amide bonds. The Morgan fingerprint density at radius 3 is 1.07 bits per heavy atom. The van der Waals surface area contributed by atoms with Crippen LogP contribution in [0, 0.1) is 0 Å². The summed E-state index contributed by atoms with van der Waals surface area (Å²) in [7, 11) is 3.29. The van der Waals surface area contributed by atoms with Crippen molar-refractivity contribution in [2.24, 2.45) is 0 Å². The number of esters is 2. The molecule has 3 aliphatic rings. The normalized spacial score (nSPS) is 23.4. The molecule has 0 bridgehead atoms. The first-order chi connectivity index (χ1) is 24.4. The Bertz CT molecular complexity index is 1470. The van der Waals surface area contributed by atoms with Crippen molar-refractivity contribution < 1.29 is 52.6 Å². The van der Waals surface area contributed by atoms with Crippen LogP contribution in [0.5, 0.6) is 0 Å². The van der Waals surface area contributed by atoms with E-state index < -0.39 is 119 Å². The molecule has 0 atom stereocenters. The first-order valence-corrected chi connectivity index (χ1v) is 17.8. The largest absolute Gasteiger partial charge is 0.462 e. The van der Waals surface area contributed by atoms with Crippen LogP contribution in [0.4, 0.5) is 0 Å². The summed E-state index contributed by atoms with van der Waals surface area (Å²) in [5, 5.41) is 2.97. The molecule has 3 aliphatic heterocycles. The quantitative estimate of drug-likeness (QED) is 0.190. The van der Waals surface area contributed by atoms with Crippen molar-refractivity contribution in [2.45, 2.75) is 116 Å². The molecule has 54 heavy (non-hydrogen) atoms. The van der Waals surface area contributed by atoms with Gasteiger partial charge in [0.1, 0.15) is 32.8 Å². The van der Waals surface area contributed by atoms with Gasteiger partial charge < -0.3 is 14.4 Å². The maximum absolute atomic E-state index is 13.7. The number of nitrogens with zero attached hydrogens (tertiary/aromatic N) is 6. The van der Waals surface area contributed by atoms with Gasteiger partial charge in [0.05, 0.1) is 46.3 Å². The number of likely N-dealkylation sites (N-methyl/N-ethyl adjacent to an activating group) is 2. The first kappa shape index (κ1) is 44.1. The standard InChI is InChI=1S/C36H57N7O11/c1-31(2)25(47)41(26(48)32(3,4)37-31)19-22(44)40(15-17-53-23(45)20-42-27(49)33(5,6)38(13)34(7,8)28(42)50)16-18-54-24(46)21-43-29(51)35(9,10)39(14)36(11,12)30(43)52/h37H,15-21H2,1-14H3. The zero-order valence-electron chi connectivity index (χ0n) is 34.1. The van der Waals surface area contributed by atoms with Crippen LogP contribution in [-0.2, 0) is 52.6 Å². The van der Waals surface area contributed by atoms with Gasteiger partial charge in [0.25, 0.3) is 0 Å². The molecule has 18 heteroatoms. The number of nitrogens with one attached hydrogen (secondary N) is 1. The molecular weight excluding hydrogens is 706 g/mol. The number of piperazine rings is 3. The monoisotopic (exact) mass is 763 g/mol. The lowest BCUT2D eigenvalue weighted by Gasteiger charge is -2.51. The molecule has 1 N–H and O–H groups in total. The molecule has 3 rings (SSSR count). The van der Waals surface area contributed by atoms with Crippen molar-refractivity contribution >= 4 is 53.3 Å². The van der Waals surface area contributed by atoms with Gasteiger partial charge in [-0.25, -0.2) is 0 Å². The number of hydrogen-bond donors (Lipinski definition) is 1. The van der Waals surface area contributed by atoms with Gasteiger partial charge in [-0.15, -0.1) is 0 Å². The number of carbonyl (C=O) groups is 9. The lowest BCUT2D eigenvalue weighted by Crippen LogP contribution is -2.73. The topological polar surface area (TPSA) is 204 Å². The molecule has 0 aromatic rings. The summed E-state index contributed by atoms with van der Waals surface area (Å²) in [6.45, 7) is 16.0. The van der Waals surface area contributed by atoms with Gasteiger partial charge in [0.15, 0.2) is 0 Å². The molecule has 0 aliphatic carbocycles. The summed E-state index contributed by atoms with van der Waals surface area (Å²) in [5.41, 5.74) is -6.77. The van der Waals surface area contributed by atoms with Crippen molar-refractivity contribution in [1.29, 1.82) is 0 Å². The van der Waals surface area contributed by atoms with Gasteiger partial charge >= 0.3 is 11.9 Å². The molecule has 3 saturated heterocycles. The molecule has 0 radical (unpaired) electrons. The lowest BCUT2D eigenvalue weighted by molar-refractivity contribution is -0.176. The fourth-order valence-electron chi connectivity index (χ4n) is 7.05. The second kappa shape index (κ2) is 14.7. The second-order valence-electron chi connectivity index (χ2n) is 17.1. The van der Waals surface area contributed by atoms with Crippen LogP contribution in [-0.4, -0.2) is 176 Å². The smallest absolute Gasteiger partial charge is 0.326 e. The second-order valence-corrected chi connectivity index (χ2v) is 17.1. The van der Waals surface area contributed by atoms with Crippen LogP contribution in [0.3, 0.4) is 0 Å². The van der Waals surface area contributed by atoms with Crippen LogP contribution in [0.15, 0.2) is 0 Å². The molecule has 18 nitrogen and oxygen atoms in total. The fourth-order valence-corrected chi connectivity index (χ4v) is 7.05. The predicted octanol–water partition coefficient (Wildman–Crippen LogP) is -0.867. The number of ether oxygens (including phenoxy) is 2. The van der Waals surface area contributed by atoms with E-state index in [1.807, 2.05) is 0 Å². The third-order valence-corrected chi connectivity index (χ3v) is 11.1. The summed E-state index contributed by atoms with van der Waals surface area (Å²) in [5.74, 6) is -6.22. The Morgan fingerprint density at radius 2 is 0.778 bits per heavy atom. The van der Waals surface area contributed by atoms with E-state index in [0.717, 1.165) is 19.6 Å². The minimum atomic E-state index is -1.18. The van der Waals surface area contributed by atoms with Gasteiger partial charge in [-0.05, 0) is 97.2 Å². The Labute approximate surface area is 316 Å². The molecule has 3 fully saturated rings. The Kier molecular flexibility index (Phi) is 12.0. The SMILES string of the molecule is CN1C(C)(C)C(=O)N(CC(=O)OCCN(CCOC(=O)CN2C(=O)C(C)(C)N(C)C(C)(C)C2=O)C(=O)CN2C(=O)C(C)(C)NC(C)(C)C2=O)C(=O)C1(C)C. The average molecular weight is 764 g/mol. The highest BCUT2D eigenvalue weighted by molar-refractivity contribution is 6.09. The number of carbonyl (C=O) groups excluding carboxylic acids is 9. The van der Waals surface area contributed by atoms with E-state index in [1.165, 1.54) is 0 Å². The Hall–Kier alpha value is -4.29. The Balaban J connectivity index is 1.74. The number of amides is 7. The van der Waals surface area contributed by atoms with Crippen molar-refractivity contribution in [1.82, 2.24) is 34.7 Å². The zero-order chi connectivity index (χ0) is 41.7. The summed E-state index contributed by atoms with van der Waals surface area (Å²) in [6.07, 6.45) is 0. The van der Waals surface area contributed by atoms with Crippen molar-refractivity contribution in [2.75, 3.05) is 60.0 Å². The zero-order valence-corrected chi connectivity index (χ0v) is 34.1. The summed E-state index contributed by atoms with van der Waals surface area (Å²) >= 11 is 0.